The highest BCUT2D eigenvalue weighted by molar-refractivity contribution is 6.34. The van der Waals surface area contributed by atoms with E-state index in [1.54, 1.807) is 31.2 Å². The Morgan fingerprint density at radius 3 is 2.77 bits per heavy atom. The highest BCUT2D eigenvalue weighted by atomic mass is 35.5. The normalized spacial score (nSPS) is 12.3. The second kappa shape index (κ2) is 8.08. The van der Waals surface area contributed by atoms with Crippen molar-refractivity contribution in [2.24, 2.45) is 0 Å². The van der Waals surface area contributed by atoms with Gasteiger partial charge < -0.3 is 8.94 Å². The van der Waals surface area contributed by atoms with E-state index in [2.05, 4.69) is 15.5 Å². The van der Waals surface area contributed by atoms with Gasteiger partial charge >= 0.3 is 0 Å². The zero-order chi connectivity index (χ0) is 21.4. The molecule has 0 aliphatic heterocycles. The molecular weight excluding hydrogens is 432 g/mol. The lowest BCUT2D eigenvalue weighted by Crippen LogP contribution is -2.18. The molecule has 0 spiro atoms. The monoisotopic (exact) mass is 447 g/mol. The molecule has 154 valence electrons. The van der Waals surface area contributed by atoms with Crippen LogP contribution >= 0.6 is 23.2 Å². The van der Waals surface area contributed by atoms with Gasteiger partial charge in [-0.25, -0.2) is 9.37 Å². The minimum Gasteiger partial charge on any atom is -0.436 e. The average Bonchev–Trinajstić information content (AvgIpc) is 3.30. The number of nitrogens with zero attached hydrogens (tertiary/aromatic N) is 2. The maximum atomic E-state index is 14.2. The van der Waals surface area contributed by atoms with Crippen molar-refractivity contribution in [2.45, 2.75) is 26.2 Å². The minimum absolute atomic E-state index is 0.0721. The van der Waals surface area contributed by atoms with Gasteiger partial charge in [0.15, 0.2) is 5.58 Å². The van der Waals surface area contributed by atoms with Crippen LogP contribution in [0.15, 0.2) is 45.3 Å². The summed E-state index contributed by atoms with van der Waals surface area (Å²) in [5.41, 5.74) is 2.28. The molecule has 0 fully saturated rings. The van der Waals surface area contributed by atoms with Crippen LogP contribution in [-0.2, 0) is 11.2 Å². The maximum Gasteiger partial charge on any atom is 0.250 e. The molecule has 6 nitrogen and oxygen atoms in total. The number of carbonyl (C=O) groups excluding carboxylic acids is 1. The van der Waals surface area contributed by atoms with Crippen LogP contribution in [0, 0.1) is 5.82 Å². The van der Waals surface area contributed by atoms with Gasteiger partial charge in [0.05, 0.1) is 16.5 Å². The van der Waals surface area contributed by atoms with Gasteiger partial charge in [-0.15, -0.1) is 0 Å². The number of amides is 1. The van der Waals surface area contributed by atoms with Gasteiger partial charge in [-0.2, -0.15) is 0 Å². The molecule has 4 aromatic rings. The largest absolute Gasteiger partial charge is 0.436 e. The van der Waals surface area contributed by atoms with Gasteiger partial charge in [0.25, 0.3) is 0 Å². The van der Waals surface area contributed by atoms with Crippen LogP contribution in [0.5, 0.6) is 0 Å². The molecule has 0 bridgehead atoms. The Bertz CT molecular complexity index is 1230. The fourth-order valence-corrected chi connectivity index (χ4v) is 3.50. The number of nitrogens with one attached hydrogen (secondary N) is 1. The van der Waals surface area contributed by atoms with Crippen molar-refractivity contribution in [1.82, 2.24) is 10.1 Å². The number of carbonyl (C=O) groups is 1. The average molecular weight is 448 g/mol. The molecule has 0 aliphatic carbocycles. The Labute approximate surface area is 181 Å². The standard InChI is InChI=1S/C21H16Cl2FN3O3/c1-3-14-18(23)21(30-27-14)26-19(28)10(2)11-7-8-16-15(9-11)25-20(29-16)17-12(22)5-4-6-13(17)24/h4-10H,3H2,1-2H3,(H,26,28). The number of benzene rings is 2. The van der Waals surface area contributed by atoms with Crippen molar-refractivity contribution < 1.29 is 18.1 Å². The van der Waals surface area contributed by atoms with Gasteiger partial charge in [-0.3, -0.25) is 10.1 Å². The third kappa shape index (κ3) is 3.66. The van der Waals surface area contributed by atoms with Crippen molar-refractivity contribution in [3.05, 3.63) is 63.5 Å². The first-order valence-corrected chi connectivity index (χ1v) is 9.94. The van der Waals surface area contributed by atoms with Crippen LogP contribution in [-0.4, -0.2) is 16.0 Å². The predicted molar refractivity (Wildman–Crippen MR) is 112 cm³/mol. The molecule has 2 aromatic carbocycles. The number of hydrogen-bond acceptors (Lipinski definition) is 5. The number of anilines is 1. The molecule has 2 heterocycles. The smallest absolute Gasteiger partial charge is 0.250 e. The lowest BCUT2D eigenvalue weighted by molar-refractivity contribution is -0.117. The van der Waals surface area contributed by atoms with Gasteiger partial charge in [0.1, 0.15) is 22.1 Å². The van der Waals surface area contributed by atoms with Crippen molar-refractivity contribution in [3.8, 4) is 11.5 Å². The molecule has 30 heavy (non-hydrogen) atoms. The van der Waals surface area contributed by atoms with Gasteiger partial charge in [0, 0.05) is 0 Å². The summed E-state index contributed by atoms with van der Waals surface area (Å²) in [6, 6.07) is 9.48. The van der Waals surface area contributed by atoms with Crippen LogP contribution in [0.1, 0.15) is 31.0 Å². The Kier molecular flexibility index (Phi) is 5.49. The molecular formula is C21H16Cl2FN3O3. The lowest BCUT2D eigenvalue weighted by Gasteiger charge is -2.10. The number of hydrogen-bond donors (Lipinski definition) is 1. The number of aryl methyl sites for hydroxylation is 1. The number of oxazole rings is 1. The summed E-state index contributed by atoms with van der Waals surface area (Å²) in [6.45, 7) is 3.62. The van der Waals surface area contributed by atoms with E-state index in [0.717, 1.165) is 0 Å². The molecule has 1 unspecified atom stereocenters. The van der Waals surface area contributed by atoms with Gasteiger partial charge in [0.2, 0.25) is 17.7 Å². The highest BCUT2D eigenvalue weighted by Crippen LogP contribution is 2.33. The van der Waals surface area contributed by atoms with Crippen molar-refractivity contribution in [1.29, 1.82) is 0 Å². The summed E-state index contributed by atoms with van der Waals surface area (Å²) in [6.07, 6.45) is 0.588. The van der Waals surface area contributed by atoms with Crippen molar-refractivity contribution in [2.75, 3.05) is 5.32 Å². The second-order valence-corrected chi connectivity index (χ2v) is 7.46. The topological polar surface area (TPSA) is 81.2 Å². The van der Waals surface area contributed by atoms with E-state index in [1.165, 1.54) is 12.1 Å². The third-order valence-electron chi connectivity index (χ3n) is 4.75. The van der Waals surface area contributed by atoms with E-state index < -0.39 is 11.7 Å². The Morgan fingerprint density at radius 2 is 2.07 bits per heavy atom. The molecule has 2 aromatic heterocycles. The molecule has 1 amide bonds. The van der Waals surface area contributed by atoms with Crippen LogP contribution < -0.4 is 5.32 Å². The fourth-order valence-electron chi connectivity index (χ4n) is 3.00. The van der Waals surface area contributed by atoms with E-state index >= 15 is 0 Å². The summed E-state index contributed by atoms with van der Waals surface area (Å²) in [4.78, 5) is 17.0. The number of rotatable bonds is 5. The Morgan fingerprint density at radius 1 is 1.27 bits per heavy atom. The fraction of sp³-hybridized carbons (Fsp3) is 0.190. The predicted octanol–water partition coefficient (Wildman–Crippen LogP) is 6.23. The molecule has 0 aliphatic rings. The van der Waals surface area contributed by atoms with E-state index in [-0.39, 0.29) is 33.3 Å². The Hall–Kier alpha value is -2.90. The third-order valence-corrected chi connectivity index (χ3v) is 5.46. The first-order valence-electron chi connectivity index (χ1n) is 9.18. The maximum absolute atomic E-state index is 14.2. The zero-order valence-corrected chi connectivity index (χ0v) is 17.5. The summed E-state index contributed by atoms with van der Waals surface area (Å²) >= 11 is 12.2. The lowest BCUT2D eigenvalue weighted by atomic mass is 10.00. The summed E-state index contributed by atoms with van der Waals surface area (Å²) in [5.74, 6) is -1.21. The quantitative estimate of drug-likeness (QED) is 0.391. The summed E-state index contributed by atoms with van der Waals surface area (Å²) < 4.78 is 24.9. The van der Waals surface area contributed by atoms with E-state index in [9.17, 15) is 9.18 Å². The molecule has 9 heteroatoms. The second-order valence-electron chi connectivity index (χ2n) is 6.68. The highest BCUT2D eigenvalue weighted by Gasteiger charge is 2.22. The minimum atomic E-state index is -0.544. The van der Waals surface area contributed by atoms with Crippen LogP contribution in [0.25, 0.3) is 22.6 Å². The SMILES string of the molecule is CCc1noc(NC(=O)C(C)c2ccc3oc(-c4c(F)cccc4Cl)nc3c2)c1Cl. The van der Waals surface area contributed by atoms with Crippen LogP contribution in [0.4, 0.5) is 10.3 Å². The zero-order valence-electron chi connectivity index (χ0n) is 16.0. The van der Waals surface area contributed by atoms with Crippen molar-refractivity contribution >= 4 is 46.1 Å². The van der Waals surface area contributed by atoms with Gasteiger partial charge in [-0.1, -0.05) is 47.4 Å². The number of halogens is 3. The number of fused-ring (bicyclic) bond motifs is 1. The summed E-state index contributed by atoms with van der Waals surface area (Å²) in [7, 11) is 0. The molecule has 1 N–H and O–H groups in total. The first kappa shape index (κ1) is 20.4. The molecule has 1 atom stereocenters. The first-order chi connectivity index (χ1) is 14.4. The van der Waals surface area contributed by atoms with Crippen LogP contribution in [0.3, 0.4) is 0 Å². The Balaban J connectivity index is 1.61. The molecule has 4 rings (SSSR count). The van der Waals surface area contributed by atoms with E-state index in [1.807, 2.05) is 6.92 Å². The molecule has 0 radical (unpaired) electrons. The molecule has 0 saturated heterocycles. The van der Waals surface area contributed by atoms with Crippen LogP contribution in [0.2, 0.25) is 10.0 Å². The van der Waals surface area contributed by atoms with Crippen molar-refractivity contribution in [3.63, 3.8) is 0 Å². The summed E-state index contributed by atoms with van der Waals surface area (Å²) in [5, 5.41) is 6.95. The van der Waals surface area contributed by atoms with E-state index in [0.29, 0.717) is 28.8 Å². The van der Waals surface area contributed by atoms with Gasteiger partial charge in [-0.05, 0) is 43.2 Å². The molecule has 0 saturated carbocycles. The van der Waals surface area contributed by atoms with E-state index in [4.69, 9.17) is 32.1 Å². The number of aromatic nitrogens is 2.